The summed E-state index contributed by atoms with van der Waals surface area (Å²) in [5.74, 6) is -0.227. The molecule has 0 saturated carbocycles. The molecule has 0 saturated heterocycles. The van der Waals surface area contributed by atoms with Gasteiger partial charge in [0.05, 0.1) is 16.4 Å². The SMILES string of the molecule is Cc1nn(CCCNC(=O)Cn2nc(C(F)F)c3c2CCC3)c(C)c1Cl. The van der Waals surface area contributed by atoms with E-state index in [4.69, 9.17) is 11.6 Å². The Morgan fingerprint density at radius 3 is 2.69 bits per heavy atom. The first-order valence-corrected chi connectivity index (χ1v) is 9.09. The fourth-order valence-corrected chi connectivity index (χ4v) is 3.52. The van der Waals surface area contributed by atoms with Crippen LogP contribution in [-0.2, 0) is 30.7 Å². The number of nitrogens with one attached hydrogen (secondary N) is 1. The van der Waals surface area contributed by atoms with E-state index >= 15 is 0 Å². The summed E-state index contributed by atoms with van der Waals surface area (Å²) in [5, 5.41) is 11.8. The predicted octanol–water partition coefficient (Wildman–Crippen LogP) is 2.98. The number of fused-ring (bicyclic) bond motifs is 1. The Balaban J connectivity index is 1.51. The molecule has 1 aliphatic carbocycles. The average molecular weight is 386 g/mol. The number of halogens is 3. The van der Waals surface area contributed by atoms with Crippen molar-refractivity contribution in [2.24, 2.45) is 0 Å². The maximum absolute atomic E-state index is 13.1. The van der Waals surface area contributed by atoms with Crippen LogP contribution in [0.5, 0.6) is 0 Å². The van der Waals surface area contributed by atoms with Gasteiger partial charge < -0.3 is 5.32 Å². The zero-order valence-electron chi connectivity index (χ0n) is 14.9. The Morgan fingerprint density at radius 2 is 2.04 bits per heavy atom. The normalized spacial score (nSPS) is 13.5. The third kappa shape index (κ3) is 3.75. The first kappa shape index (κ1) is 18.8. The molecule has 0 spiro atoms. The maximum atomic E-state index is 13.1. The van der Waals surface area contributed by atoms with Crippen molar-refractivity contribution in [3.05, 3.63) is 33.4 Å². The van der Waals surface area contributed by atoms with Gasteiger partial charge in [-0.2, -0.15) is 10.2 Å². The summed E-state index contributed by atoms with van der Waals surface area (Å²) >= 11 is 6.11. The predicted molar refractivity (Wildman–Crippen MR) is 93.5 cm³/mol. The van der Waals surface area contributed by atoms with Crippen molar-refractivity contribution >= 4 is 17.5 Å². The van der Waals surface area contributed by atoms with Crippen LogP contribution in [0, 0.1) is 13.8 Å². The minimum atomic E-state index is -2.60. The van der Waals surface area contributed by atoms with Crippen LogP contribution in [0.2, 0.25) is 5.02 Å². The minimum absolute atomic E-state index is 0.0270. The molecule has 3 rings (SSSR count). The second-order valence-corrected chi connectivity index (χ2v) is 6.91. The first-order chi connectivity index (χ1) is 12.4. The number of amides is 1. The first-order valence-electron chi connectivity index (χ1n) is 8.71. The number of alkyl halides is 2. The molecule has 0 atom stereocenters. The molecule has 142 valence electrons. The number of hydrogen-bond donors (Lipinski definition) is 1. The second kappa shape index (κ2) is 7.73. The molecule has 6 nitrogen and oxygen atoms in total. The van der Waals surface area contributed by atoms with Crippen molar-refractivity contribution in [3.8, 4) is 0 Å². The van der Waals surface area contributed by atoms with Gasteiger partial charge in [0.1, 0.15) is 12.2 Å². The monoisotopic (exact) mass is 385 g/mol. The highest BCUT2D eigenvalue weighted by Gasteiger charge is 2.27. The largest absolute Gasteiger partial charge is 0.354 e. The van der Waals surface area contributed by atoms with Gasteiger partial charge >= 0.3 is 0 Å². The van der Waals surface area contributed by atoms with Gasteiger partial charge in [-0.15, -0.1) is 0 Å². The molecule has 0 aliphatic heterocycles. The number of rotatable bonds is 7. The Bertz CT molecular complexity index is 815. The summed E-state index contributed by atoms with van der Waals surface area (Å²) in [4.78, 5) is 12.1. The topological polar surface area (TPSA) is 64.7 Å². The van der Waals surface area contributed by atoms with Crippen molar-refractivity contribution in [1.29, 1.82) is 0 Å². The lowest BCUT2D eigenvalue weighted by Crippen LogP contribution is -2.30. The number of hydrogen-bond acceptors (Lipinski definition) is 3. The van der Waals surface area contributed by atoms with E-state index in [1.54, 1.807) is 0 Å². The lowest BCUT2D eigenvalue weighted by atomic mass is 10.2. The van der Waals surface area contributed by atoms with E-state index in [9.17, 15) is 13.6 Å². The molecule has 26 heavy (non-hydrogen) atoms. The maximum Gasteiger partial charge on any atom is 0.282 e. The molecule has 0 fully saturated rings. The minimum Gasteiger partial charge on any atom is -0.354 e. The molecule has 2 heterocycles. The van der Waals surface area contributed by atoms with Crippen LogP contribution < -0.4 is 5.32 Å². The highest BCUT2D eigenvalue weighted by Crippen LogP contribution is 2.31. The van der Waals surface area contributed by atoms with Gasteiger partial charge in [-0.3, -0.25) is 14.2 Å². The Kier molecular flexibility index (Phi) is 5.60. The van der Waals surface area contributed by atoms with E-state index in [0.29, 0.717) is 42.9 Å². The molecule has 1 amide bonds. The van der Waals surface area contributed by atoms with Gasteiger partial charge in [-0.05, 0) is 39.5 Å². The number of nitrogens with zero attached hydrogens (tertiary/aromatic N) is 4. The van der Waals surface area contributed by atoms with Crippen molar-refractivity contribution in [2.75, 3.05) is 6.54 Å². The van der Waals surface area contributed by atoms with Gasteiger partial charge in [0, 0.05) is 24.3 Å². The third-order valence-corrected chi connectivity index (χ3v) is 5.25. The molecular formula is C17H22ClF2N5O. The van der Waals surface area contributed by atoms with Crippen LogP contribution in [-0.4, -0.2) is 32.0 Å². The van der Waals surface area contributed by atoms with Crippen molar-refractivity contribution in [1.82, 2.24) is 24.9 Å². The Morgan fingerprint density at radius 1 is 1.27 bits per heavy atom. The van der Waals surface area contributed by atoms with Crippen LogP contribution in [0.4, 0.5) is 8.78 Å². The van der Waals surface area contributed by atoms with E-state index in [0.717, 1.165) is 23.5 Å². The summed E-state index contributed by atoms with van der Waals surface area (Å²) in [6.07, 6.45) is 0.241. The smallest absolute Gasteiger partial charge is 0.282 e. The molecule has 0 radical (unpaired) electrons. The lowest BCUT2D eigenvalue weighted by Gasteiger charge is -2.08. The molecule has 0 aromatic carbocycles. The molecule has 1 N–H and O–H groups in total. The highest BCUT2D eigenvalue weighted by molar-refractivity contribution is 6.31. The summed E-state index contributed by atoms with van der Waals surface area (Å²) in [6, 6.07) is 0. The Hall–Kier alpha value is -1.96. The van der Waals surface area contributed by atoms with Crippen LogP contribution in [0.25, 0.3) is 0 Å². The molecule has 1 aliphatic rings. The fraction of sp³-hybridized carbons (Fsp3) is 0.588. The summed E-state index contributed by atoms with van der Waals surface area (Å²) < 4.78 is 29.4. The molecule has 2 aromatic heterocycles. The van der Waals surface area contributed by atoms with Crippen LogP contribution in [0.1, 0.15) is 47.6 Å². The molecular weight excluding hydrogens is 364 g/mol. The quantitative estimate of drug-likeness (QED) is 0.745. The number of aryl methyl sites for hydroxylation is 2. The number of carbonyl (C=O) groups excluding carboxylic acids is 1. The highest BCUT2D eigenvalue weighted by atomic mass is 35.5. The van der Waals surface area contributed by atoms with E-state index in [1.807, 2.05) is 18.5 Å². The second-order valence-electron chi connectivity index (χ2n) is 6.53. The standard InChI is InChI=1S/C17H22ClF2N5O/c1-10-15(18)11(2)24(22-10)8-4-7-21-14(26)9-25-13-6-3-5-12(13)16(23-25)17(19)20/h17H,3-9H2,1-2H3,(H,21,26). The summed E-state index contributed by atoms with van der Waals surface area (Å²) in [7, 11) is 0. The van der Waals surface area contributed by atoms with Gasteiger partial charge in [0.25, 0.3) is 6.43 Å². The van der Waals surface area contributed by atoms with Crippen molar-refractivity contribution in [2.45, 2.75) is 59.0 Å². The average Bonchev–Trinajstić information content (AvgIpc) is 3.25. The van der Waals surface area contributed by atoms with E-state index in [-0.39, 0.29) is 18.1 Å². The molecule has 0 bridgehead atoms. The fourth-order valence-electron chi connectivity index (χ4n) is 3.39. The van der Waals surface area contributed by atoms with Crippen LogP contribution >= 0.6 is 11.6 Å². The number of aromatic nitrogens is 4. The van der Waals surface area contributed by atoms with Gasteiger partial charge in [0.2, 0.25) is 5.91 Å². The van der Waals surface area contributed by atoms with Gasteiger partial charge in [-0.25, -0.2) is 8.78 Å². The van der Waals surface area contributed by atoms with E-state index in [2.05, 4.69) is 15.5 Å². The zero-order chi connectivity index (χ0) is 18.8. The van der Waals surface area contributed by atoms with Crippen molar-refractivity contribution in [3.63, 3.8) is 0 Å². The van der Waals surface area contributed by atoms with Gasteiger partial charge in [0.15, 0.2) is 0 Å². The molecule has 0 unspecified atom stereocenters. The summed E-state index contributed by atoms with van der Waals surface area (Å²) in [6.45, 7) is 4.84. The van der Waals surface area contributed by atoms with E-state index < -0.39 is 6.43 Å². The number of carbonyl (C=O) groups is 1. The Labute approximate surface area is 155 Å². The lowest BCUT2D eigenvalue weighted by molar-refractivity contribution is -0.121. The third-order valence-electron chi connectivity index (χ3n) is 4.70. The van der Waals surface area contributed by atoms with Crippen molar-refractivity contribution < 1.29 is 13.6 Å². The van der Waals surface area contributed by atoms with E-state index in [1.165, 1.54) is 4.68 Å². The van der Waals surface area contributed by atoms with Gasteiger partial charge in [-0.1, -0.05) is 11.6 Å². The van der Waals surface area contributed by atoms with Crippen LogP contribution in [0.3, 0.4) is 0 Å². The summed E-state index contributed by atoms with van der Waals surface area (Å²) in [5.41, 5.74) is 2.91. The zero-order valence-corrected chi connectivity index (χ0v) is 15.6. The van der Waals surface area contributed by atoms with Crippen LogP contribution in [0.15, 0.2) is 0 Å². The molecule has 2 aromatic rings. The molecule has 9 heteroatoms.